The van der Waals surface area contributed by atoms with E-state index in [9.17, 15) is 4.79 Å². The zero-order chi connectivity index (χ0) is 15.2. The van der Waals surface area contributed by atoms with Crippen LogP contribution in [0.1, 0.15) is 31.2 Å². The van der Waals surface area contributed by atoms with Gasteiger partial charge in [-0.3, -0.25) is 4.79 Å². The molecule has 4 heteroatoms. The number of aromatic nitrogens is 1. The fourth-order valence-electron chi connectivity index (χ4n) is 2.09. The monoisotopic (exact) mass is 286 g/mol. The second kappa shape index (κ2) is 7.07. The van der Waals surface area contributed by atoms with E-state index < -0.39 is 0 Å². The van der Waals surface area contributed by atoms with Crippen molar-refractivity contribution in [2.45, 2.75) is 33.1 Å². The highest BCUT2D eigenvalue weighted by Crippen LogP contribution is 2.22. The van der Waals surface area contributed by atoms with E-state index in [-0.39, 0.29) is 12.3 Å². The molecule has 0 saturated carbocycles. The summed E-state index contributed by atoms with van der Waals surface area (Å²) in [6.07, 6.45) is 2.37. The zero-order valence-electron chi connectivity index (χ0n) is 12.9. The van der Waals surface area contributed by atoms with Crippen molar-refractivity contribution in [1.29, 1.82) is 0 Å². The molecular formula is C17H22N2O2. The zero-order valence-corrected chi connectivity index (χ0v) is 12.9. The molecule has 112 valence electrons. The van der Waals surface area contributed by atoms with Crippen LogP contribution in [0, 0.1) is 6.92 Å². The van der Waals surface area contributed by atoms with Gasteiger partial charge in [0.05, 0.1) is 12.1 Å². The van der Waals surface area contributed by atoms with Gasteiger partial charge in [0.15, 0.2) is 0 Å². The molecule has 0 unspecified atom stereocenters. The molecule has 1 amide bonds. The van der Waals surface area contributed by atoms with Crippen LogP contribution < -0.4 is 0 Å². The highest BCUT2D eigenvalue weighted by Gasteiger charge is 2.16. The Morgan fingerprint density at radius 1 is 1.29 bits per heavy atom. The van der Waals surface area contributed by atoms with Crippen LogP contribution in [-0.2, 0) is 11.2 Å². The molecule has 0 N–H and O–H groups in total. The number of likely N-dealkylation sites (N-methyl/N-ethyl adjacent to an activating group) is 1. The summed E-state index contributed by atoms with van der Waals surface area (Å²) in [5.41, 5.74) is 1.71. The molecule has 0 radical (unpaired) electrons. The molecule has 0 aliphatic rings. The SMILES string of the molecule is CCCCN(C)C(=O)Cc1oc(-c2ccccc2)nc1C. The number of carbonyl (C=O) groups is 1. The summed E-state index contributed by atoms with van der Waals surface area (Å²) in [5.74, 6) is 1.30. The van der Waals surface area contributed by atoms with Crippen LogP contribution in [0.2, 0.25) is 0 Å². The lowest BCUT2D eigenvalue weighted by Crippen LogP contribution is -2.29. The number of aryl methyl sites for hydroxylation is 1. The average Bonchev–Trinajstić information content (AvgIpc) is 2.86. The van der Waals surface area contributed by atoms with Crippen molar-refractivity contribution >= 4 is 5.91 Å². The number of benzene rings is 1. The Balaban J connectivity index is 2.08. The van der Waals surface area contributed by atoms with Gasteiger partial charge >= 0.3 is 0 Å². The van der Waals surface area contributed by atoms with Crippen molar-refractivity contribution in [2.75, 3.05) is 13.6 Å². The van der Waals surface area contributed by atoms with Crippen LogP contribution in [0.15, 0.2) is 34.7 Å². The standard InChI is InChI=1S/C17H22N2O2/c1-4-5-11-19(3)16(20)12-15-13(2)18-17(21-15)14-9-7-6-8-10-14/h6-10H,4-5,11-12H2,1-3H3. The van der Waals surface area contributed by atoms with Crippen molar-refractivity contribution in [3.8, 4) is 11.5 Å². The lowest BCUT2D eigenvalue weighted by Gasteiger charge is -2.15. The van der Waals surface area contributed by atoms with E-state index in [0.29, 0.717) is 11.7 Å². The Hall–Kier alpha value is -2.10. The number of unbranched alkanes of at least 4 members (excludes halogenated alkanes) is 1. The molecular weight excluding hydrogens is 264 g/mol. The van der Waals surface area contributed by atoms with Gasteiger partial charge in [0, 0.05) is 19.2 Å². The molecule has 0 bridgehead atoms. The van der Waals surface area contributed by atoms with Crippen LogP contribution >= 0.6 is 0 Å². The minimum atomic E-state index is 0.0716. The van der Waals surface area contributed by atoms with E-state index >= 15 is 0 Å². The molecule has 0 fully saturated rings. The summed E-state index contributed by atoms with van der Waals surface area (Å²) in [7, 11) is 1.84. The third-order valence-electron chi connectivity index (χ3n) is 3.50. The number of carbonyl (C=O) groups excluding carboxylic acids is 1. The number of nitrogens with zero attached hydrogens (tertiary/aromatic N) is 2. The third kappa shape index (κ3) is 3.94. The molecule has 4 nitrogen and oxygen atoms in total. The smallest absolute Gasteiger partial charge is 0.230 e. The number of hydrogen-bond donors (Lipinski definition) is 0. The first-order chi connectivity index (χ1) is 10.1. The van der Waals surface area contributed by atoms with Crippen molar-refractivity contribution in [1.82, 2.24) is 9.88 Å². The Morgan fingerprint density at radius 3 is 2.67 bits per heavy atom. The van der Waals surface area contributed by atoms with Gasteiger partial charge in [0.25, 0.3) is 0 Å². The normalized spacial score (nSPS) is 10.6. The van der Waals surface area contributed by atoms with Crippen LogP contribution in [0.25, 0.3) is 11.5 Å². The molecule has 2 aromatic rings. The summed E-state index contributed by atoms with van der Waals surface area (Å²) in [4.78, 5) is 18.3. The van der Waals surface area contributed by atoms with E-state index in [1.807, 2.05) is 44.3 Å². The predicted octanol–water partition coefficient (Wildman–Crippen LogP) is 3.45. The Kier molecular flexibility index (Phi) is 5.14. The first-order valence-corrected chi connectivity index (χ1v) is 7.37. The fourth-order valence-corrected chi connectivity index (χ4v) is 2.09. The molecule has 1 aromatic carbocycles. The van der Waals surface area contributed by atoms with Gasteiger partial charge in [-0.15, -0.1) is 0 Å². The highest BCUT2D eigenvalue weighted by molar-refractivity contribution is 5.78. The summed E-state index contributed by atoms with van der Waals surface area (Å²) in [6.45, 7) is 4.78. The lowest BCUT2D eigenvalue weighted by molar-refractivity contribution is -0.129. The molecule has 0 aliphatic carbocycles. The lowest BCUT2D eigenvalue weighted by atomic mass is 10.2. The van der Waals surface area contributed by atoms with Gasteiger partial charge in [-0.2, -0.15) is 0 Å². The highest BCUT2D eigenvalue weighted by atomic mass is 16.4. The topological polar surface area (TPSA) is 46.3 Å². The first kappa shape index (κ1) is 15.3. The van der Waals surface area contributed by atoms with Gasteiger partial charge in [-0.1, -0.05) is 31.5 Å². The summed E-state index contributed by atoms with van der Waals surface area (Å²) in [6, 6.07) is 9.73. The summed E-state index contributed by atoms with van der Waals surface area (Å²) >= 11 is 0. The first-order valence-electron chi connectivity index (χ1n) is 7.37. The Bertz CT molecular complexity index is 590. The minimum Gasteiger partial charge on any atom is -0.440 e. The van der Waals surface area contributed by atoms with Crippen LogP contribution in [-0.4, -0.2) is 29.4 Å². The molecule has 0 aliphatic heterocycles. The molecule has 0 atom stereocenters. The van der Waals surface area contributed by atoms with Gasteiger partial charge in [-0.05, 0) is 25.5 Å². The third-order valence-corrected chi connectivity index (χ3v) is 3.50. The van der Waals surface area contributed by atoms with Gasteiger partial charge < -0.3 is 9.32 Å². The summed E-state index contributed by atoms with van der Waals surface area (Å²) < 4.78 is 5.77. The number of hydrogen-bond acceptors (Lipinski definition) is 3. The van der Waals surface area contributed by atoms with Crippen molar-refractivity contribution in [2.24, 2.45) is 0 Å². The van der Waals surface area contributed by atoms with Crippen molar-refractivity contribution < 1.29 is 9.21 Å². The average molecular weight is 286 g/mol. The Morgan fingerprint density at radius 2 is 2.00 bits per heavy atom. The van der Waals surface area contributed by atoms with E-state index in [1.165, 1.54) is 0 Å². The second-order valence-corrected chi connectivity index (χ2v) is 5.24. The number of oxazole rings is 1. The maximum absolute atomic E-state index is 12.2. The molecule has 1 heterocycles. The van der Waals surface area contributed by atoms with Crippen LogP contribution in [0.5, 0.6) is 0 Å². The maximum Gasteiger partial charge on any atom is 0.230 e. The quantitative estimate of drug-likeness (QED) is 0.817. The van der Waals surface area contributed by atoms with E-state index in [4.69, 9.17) is 4.42 Å². The van der Waals surface area contributed by atoms with Crippen LogP contribution in [0.3, 0.4) is 0 Å². The molecule has 2 rings (SSSR count). The molecule has 1 aromatic heterocycles. The maximum atomic E-state index is 12.2. The van der Waals surface area contributed by atoms with Gasteiger partial charge in [0.1, 0.15) is 5.76 Å². The molecule has 0 saturated heterocycles. The van der Waals surface area contributed by atoms with Gasteiger partial charge in [-0.25, -0.2) is 4.98 Å². The number of amides is 1. The molecule has 21 heavy (non-hydrogen) atoms. The van der Waals surface area contributed by atoms with Crippen molar-refractivity contribution in [3.05, 3.63) is 41.8 Å². The Labute approximate surface area is 125 Å². The second-order valence-electron chi connectivity index (χ2n) is 5.24. The van der Waals surface area contributed by atoms with Gasteiger partial charge in [0.2, 0.25) is 11.8 Å². The largest absolute Gasteiger partial charge is 0.440 e. The van der Waals surface area contributed by atoms with E-state index in [2.05, 4.69) is 11.9 Å². The summed E-state index contributed by atoms with van der Waals surface area (Å²) in [5, 5.41) is 0. The minimum absolute atomic E-state index is 0.0716. The van der Waals surface area contributed by atoms with E-state index in [1.54, 1.807) is 4.90 Å². The molecule has 0 spiro atoms. The fraction of sp³-hybridized carbons (Fsp3) is 0.412. The van der Waals surface area contributed by atoms with Crippen LogP contribution in [0.4, 0.5) is 0 Å². The number of rotatable bonds is 6. The van der Waals surface area contributed by atoms with E-state index in [0.717, 1.165) is 30.6 Å². The van der Waals surface area contributed by atoms with Crippen molar-refractivity contribution in [3.63, 3.8) is 0 Å². The predicted molar refractivity (Wildman–Crippen MR) is 82.9 cm³/mol.